The lowest BCUT2D eigenvalue weighted by atomic mass is 9.83. The van der Waals surface area contributed by atoms with Gasteiger partial charge in [-0.15, -0.1) is 6.58 Å². The summed E-state index contributed by atoms with van der Waals surface area (Å²) in [6.07, 6.45) is 4.56. The van der Waals surface area contributed by atoms with Crippen molar-refractivity contribution in [3.05, 3.63) is 42.1 Å². The summed E-state index contributed by atoms with van der Waals surface area (Å²) in [4.78, 5) is 18.5. The second kappa shape index (κ2) is 7.04. The maximum atomic E-state index is 12.9. The van der Waals surface area contributed by atoms with Crippen molar-refractivity contribution in [3.63, 3.8) is 0 Å². The molecule has 146 valence electrons. The normalized spacial score (nSPS) is 21.0. The average molecular weight is 370 g/mol. The SMILES string of the molecule is C=CC(C)(C)c1ccc2c3c(c[nH]c13)C[C@H](CO)NC(=O)[C@H](C(C)C)N2C. The van der Waals surface area contributed by atoms with Gasteiger partial charge in [0.15, 0.2) is 0 Å². The molecule has 0 saturated carbocycles. The fourth-order valence-corrected chi connectivity index (χ4v) is 4.19. The zero-order chi connectivity index (χ0) is 19.9. The van der Waals surface area contributed by atoms with Gasteiger partial charge >= 0.3 is 0 Å². The molecule has 0 aliphatic carbocycles. The van der Waals surface area contributed by atoms with Crippen LogP contribution in [0.5, 0.6) is 0 Å². The first-order valence-corrected chi connectivity index (χ1v) is 9.62. The first-order chi connectivity index (χ1) is 12.7. The van der Waals surface area contributed by atoms with E-state index >= 15 is 0 Å². The Kier molecular flexibility index (Phi) is 5.08. The number of hydrogen-bond donors (Lipinski definition) is 3. The van der Waals surface area contributed by atoms with Crippen LogP contribution in [0.2, 0.25) is 0 Å². The van der Waals surface area contributed by atoms with Crippen LogP contribution in [0.4, 0.5) is 5.69 Å². The first-order valence-electron chi connectivity index (χ1n) is 9.62. The number of aliphatic hydroxyl groups excluding tert-OH is 1. The predicted octanol–water partition coefficient (Wildman–Crippen LogP) is 3.13. The Bertz CT molecular complexity index is 866. The maximum absolute atomic E-state index is 12.9. The molecule has 1 aromatic carbocycles. The first kappa shape index (κ1) is 19.5. The summed E-state index contributed by atoms with van der Waals surface area (Å²) in [5.74, 6) is 0.0958. The summed E-state index contributed by atoms with van der Waals surface area (Å²) < 4.78 is 0. The standard InChI is InChI=1S/C22H31N3O2/c1-7-22(4,5)16-8-9-17-18-14(11-23-19(16)18)10-15(12-26)24-21(27)20(13(2)3)25(17)6/h7-9,11,13,15,20,23,26H,1,10,12H2,2-6H3,(H,24,27)/t15-,20+/m1/s1. The molecule has 0 saturated heterocycles. The van der Waals surface area contributed by atoms with E-state index in [9.17, 15) is 9.90 Å². The van der Waals surface area contributed by atoms with Crippen molar-refractivity contribution in [2.45, 2.75) is 51.6 Å². The Morgan fingerprint density at radius 1 is 1.41 bits per heavy atom. The third-order valence-electron chi connectivity index (χ3n) is 5.83. The minimum Gasteiger partial charge on any atom is -0.394 e. The van der Waals surface area contributed by atoms with Gasteiger partial charge in [0.05, 0.1) is 18.2 Å². The lowest BCUT2D eigenvalue weighted by Gasteiger charge is -2.33. The number of hydrogen-bond acceptors (Lipinski definition) is 3. The van der Waals surface area contributed by atoms with E-state index in [0.29, 0.717) is 6.42 Å². The zero-order valence-corrected chi connectivity index (χ0v) is 17.0. The minimum absolute atomic E-state index is 0.0377. The van der Waals surface area contributed by atoms with E-state index in [2.05, 4.69) is 61.6 Å². The van der Waals surface area contributed by atoms with Gasteiger partial charge in [0.1, 0.15) is 6.04 Å². The number of likely N-dealkylation sites (N-methyl/N-ethyl adjacent to an activating group) is 1. The van der Waals surface area contributed by atoms with Gasteiger partial charge < -0.3 is 20.3 Å². The molecule has 3 N–H and O–H groups in total. The Morgan fingerprint density at radius 3 is 2.70 bits per heavy atom. The van der Waals surface area contributed by atoms with Crippen molar-refractivity contribution in [1.82, 2.24) is 10.3 Å². The lowest BCUT2D eigenvalue weighted by molar-refractivity contribution is -0.124. The number of rotatable bonds is 4. The van der Waals surface area contributed by atoms with Crippen LogP contribution in [-0.4, -0.2) is 41.7 Å². The van der Waals surface area contributed by atoms with Crippen molar-refractivity contribution in [2.24, 2.45) is 5.92 Å². The van der Waals surface area contributed by atoms with Crippen LogP contribution < -0.4 is 10.2 Å². The van der Waals surface area contributed by atoms with Gasteiger partial charge in [-0.25, -0.2) is 0 Å². The molecule has 2 heterocycles. The van der Waals surface area contributed by atoms with Gasteiger partial charge in [-0.1, -0.05) is 39.8 Å². The molecule has 0 spiro atoms. The second-order valence-electron chi connectivity index (χ2n) is 8.51. The van der Waals surface area contributed by atoms with E-state index in [1.54, 1.807) is 0 Å². The molecule has 1 amide bonds. The van der Waals surface area contributed by atoms with E-state index in [1.165, 1.54) is 5.56 Å². The molecule has 0 fully saturated rings. The van der Waals surface area contributed by atoms with Gasteiger partial charge in [0.25, 0.3) is 0 Å². The molecule has 27 heavy (non-hydrogen) atoms. The highest BCUT2D eigenvalue weighted by molar-refractivity contribution is 6.00. The number of anilines is 1. The molecule has 0 radical (unpaired) electrons. The Balaban J connectivity index is 2.29. The Labute approximate surface area is 161 Å². The molecule has 2 atom stereocenters. The Morgan fingerprint density at radius 2 is 2.11 bits per heavy atom. The van der Waals surface area contributed by atoms with Crippen LogP contribution in [0.25, 0.3) is 10.9 Å². The molecule has 1 aliphatic heterocycles. The summed E-state index contributed by atoms with van der Waals surface area (Å²) in [7, 11) is 1.98. The number of H-pyrrole nitrogens is 1. The van der Waals surface area contributed by atoms with Crippen molar-refractivity contribution in [2.75, 3.05) is 18.6 Å². The number of aromatic amines is 1. The van der Waals surface area contributed by atoms with Crippen LogP contribution in [0.15, 0.2) is 31.0 Å². The summed E-state index contributed by atoms with van der Waals surface area (Å²) in [6.45, 7) is 12.3. The second-order valence-corrected chi connectivity index (χ2v) is 8.51. The molecule has 5 heteroatoms. The third kappa shape index (κ3) is 3.25. The van der Waals surface area contributed by atoms with Crippen molar-refractivity contribution >= 4 is 22.5 Å². The molecular formula is C22H31N3O2. The number of amides is 1. The number of nitrogens with one attached hydrogen (secondary N) is 2. The molecule has 3 rings (SSSR count). The smallest absolute Gasteiger partial charge is 0.243 e. The van der Waals surface area contributed by atoms with Crippen LogP contribution in [0.3, 0.4) is 0 Å². The number of aromatic nitrogens is 1. The van der Waals surface area contributed by atoms with Crippen molar-refractivity contribution < 1.29 is 9.90 Å². The van der Waals surface area contributed by atoms with E-state index in [4.69, 9.17) is 0 Å². The van der Waals surface area contributed by atoms with Crippen LogP contribution in [-0.2, 0) is 16.6 Å². The zero-order valence-electron chi connectivity index (χ0n) is 17.0. The lowest BCUT2D eigenvalue weighted by Crippen LogP contribution is -2.52. The molecule has 5 nitrogen and oxygen atoms in total. The number of allylic oxidation sites excluding steroid dienone is 1. The molecule has 1 aromatic heterocycles. The average Bonchev–Trinajstić information content (AvgIpc) is 3.04. The fourth-order valence-electron chi connectivity index (χ4n) is 4.19. The number of carbonyl (C=O) groups excluding carboxylic acids is 1. The molecule has 2 aromatic rings. The highest BCUT2D eigenvalue weighted by Crippen LogP contribution is 2.39. The van der Waals surface area contributed by atoms with Gasteiger partial charge in [-0.2, -0.15) is 0 Å². The fraction of sp³-hybridized carbons (Fsp3) is 0.500. The van der Waals surface area contributed by atoms with Crippen molar-refractivity contribution in [3.8, 4) is 0 Å². The van der Waals surface area contributed by atoms with E-state index in [0.717, 1.165) is 22.2 Å². The Hall–Kier alpha value is -2.27. The maximum Gasteiger partial charge on any atom is 0.243 e. The minimum atomic E-state index is -0.304. The molecular weight excluding hydrogens is 338 g/mol. The molecule has 1 aliphatic rings. The highest BCUT2D eigenvalue weighted by atomic mass is 16.3. The van der Waals surface area contributed by atoms with Crippen molar-refractivity contribution in [1.29, 1.82) is 0 Å². The van der Waals surface area contributed by atoms with Crippen LogP contribution in [0.1, 0.15) is 38.8 Å². The number of carbonyl (C=O) groups is 1. The number of nitrogens with zero attached hydrogens (tertiary/aromatic N) is 1. The van der Waals surface area contributed by atoms with Gasteiger partial charge in [0.2, 0.25) is 5.91 Å². The monoisotopic (exact) mass is 369 g/mol. The van der Waals surface area contributed by atoms with Gasteiger partial charge in [0, 0.05) is 29.7 Å². The molecule has 0 bridgehead atoms. The quantitative estimate of drug-likeness (QED) is 0.726. The summed E-state index contributed by atoms with van der Waals surface area (Å²) in [5.41, 5.74) is 4.22. The largest absolute Gasteiger partial charge is 0.394 e. The summed E-state index contributed by atoms with van der Waals surface area (Å²) in [6, 6.07) is 3.64. The predicted molar refractivity (Wildman–Crippen MR) is 111 cm³/mol. The third-order valence-corrected chi connectivity index (χ3v) is 5.83. The van der Waals surface area contributed by atoms with E-state index < -0.39 is 0 Å². The van der Waals surface area contributed by atoms with E-state index in [-0.39, 0.29) is 35.9 Å². The van der Waals surface area contributed by atoms with Crippen LogP contribution >= 0.6 is 0 Å². The summed E-state index contributed by atoms with van der Waals surface area (Å²) in [5, 5.41) is 14.0. The van der Waals surface area contributed by atoms with Gasteiger partial charge in [-0.05, 0) is 29.5 Å². The van der Waals surface area contributed by atoms with E-state index in [1.807, 2.05) is 19.3 Å². The molecule has 0 unspecified atom stereocenters. The number of benzene rings is 1. The van der Waals surface area contributed by atoms with Crippen LogP contribution in [0, 0.1) is 5.92 Å². The number of aliphatic hydroxyl groups is 1. The summed E-state index contributed by atoms with van der Waals surface area (Å²) >= 11 is 0. The van der Waals surface area contributed by atoms with Gasteiger partial charge in [-0.3, -0.25) is 4.79 Å². The topological polar surface area (TPSA) is 68.4 Å². The highest BCUT2D eigenvalue weighted by Gasteiger charge is 2.33.